The van der Waals surface area contributed by atoms with Crippen molar-refractivity contribution < 1.29 is 9.90 Å². The molecule has 0 bridgehead atoms. The van der Waals surface area contributed by atoms with Crippen LogP contribution in [0.15, 0.2) is 30.3 Å². The molecule has 1 aromatic carbocycles. The summed E-state index contributed by atoms with van der Waals surface area (Å²) >= 11 is 0. The number of carbonyl (C=O) groups is 1. The average molecular weight is 273 g/mol. The maximum Gasteiger partial charge on any atom is 0.321 e. The number of carboxylic acids is 1. The monoisotopic (exact) mass is 273 g/mol. The van der Waals surface area contributed by atoms with Crippen molar-refractivity contribution in [3.8, 4) is 0 Å². The Morgan fingerprint density at radius 3 is 2.40 bits per heavy atom. The normalized spacial score (nSPS) is 22.6. The highest BCUT2D eigenvalue weighted by Crippen LogP contribution is 2.56. The molecule has 0 unspecified atom stereocenters. The smallest absolute Gasteiger partial charge is 0.321 e. The zero-order chi connectivity index (χ0) is 14.0. The molecule has 108 valence electrons. The van der Waals surface area contributed by atoms with Crippen molar-refractivity contribution >= 4 is 5.97 Å². The third-order valence-electron chi connectivity index (χ3n) is 5.02. The number of aliphatic carboxylic acids is 1. The Labute approximate surface area is 120 Å². The van der Waals surface area contributed by atoms with Crippen molar-refractivity contribution in [3.05, 3.63) is 35.9 Å². The summed E-state index contributed by atoms with van der Waals surface area (Å²) < 4.78 is 0. The maximum atomic E-state index is 11.5. The predicted octanol–water partition coefficient (Wildman–Crippen LogP) is 2.99. The Balaban J connectivity index is 1.56. The Hall–Kier alpha value is -1.35. The van der Waals surface area contributed by atoms with Gasteiger partial charge in [-0.1, -0.05) is 30.3 Å². The van der Waals surface area contributed by atoms with E-state index in [0.29, 0.717) is 17.9 Å². The highest BCUT2D eigenvalue weighted by molar-refractivity contribution is 5.74. The SMILES string of the molecule is O=C(O)[C@@H](Cc1ccccc1)NC1CCC2(CC1)CC2. The summed E-state index contributed by atoms with van der Waals surface area (Å²) in [5, 5.41) is 12.8. The molecule has 0 aromatic heterocycles. The highest BCUT2D eigenvalue weighted by atomic mass is 16.4. The van der Waals surface area contributed by atoms with E-state index in [2.05, 4.69) is 5.32 Å². The van der Waals surface area contributed by atoms with Gasteiger partial charge in [-0.3, -0.25) is 4.79 Å². The summed E-state index contributed by atoms with van der Waals surface area (Å²) in [4.78, 5) is 11.5. The summed E-state index contributed by atoms with van der Waals surface area (Å²) in [6.45, 7) is 0. The van der Waals surface area contributed by atoms with Crippen LogP contribution in [0.5, 0.6) is 0 Å². The first kappa shape index (κ1) is 13.6. The Kier molecular flexibility index (Phi) is 3.79. The van der Waals surface area contributed by atoms with Gasteiger partial charge in [0.1, 0.15) is 6.04 Å². The number of rotatable bonds is 5. The molecule has 1 spiro atoms. The first-order chi connectivity index (χ1) is 9.67. The van der Waals surface area contributed by atoms with E-state index in [1.807, 2.05) is 30.3 Å². The lowest BCUT2D eigenvalue weighted by Crippen LogP contribution is -2.46. The van der Waals surface area contributed by atoms with Crippen molar-refractivity contribution in [3.63, 3.8) is 0 Å². The van der Waals surface area contributed by atoms with Crippen molar-refractivity contribution in [1.82, 2.24) is 5.32 Å². The van der Waals surface area contributed by atoms with Crippen LogP contribution in [0.2, 0.25) is 0 Å². The van der Waals surface area contributed by atoms with Gasteiger partial charge in [0.15, 0.2) is 0 Å². The summed E-state index contributed by atoms with van der Waals surface area (Å²) in [7, 11) is 0. The lowest BCUT2D eigenvalue weighted by Gasteiger charge is -2.31. The maximum absolute atomic E-state index is 11.5. The highest BCUT2D eigenvalue weighted by Gasteiger charge is 2.44. The van der Waals surface area contributed by atoms with Gasteiger partial charge in [0.05, 0.1) is 0 Å². The lowest BCUT2D eigenvalue weighted by atomic mass is 9.83. The molecule has 0 saturated heterocycles. The van der Waals surface area contributed by atoms with E-state index in [1.54, 1.807) is 0 Å². The van der Waals surface area contributed by atoms with E-state index in [-0.39, 0.29) is 0 Å². The van der Waals surface area contributed by atoms with E-state index in [1.165, 1.54) is 25.7 Å². The van der Waals surface area contributed by atoms with Crippen LogP contribution >= 0.6 is 0 Å². The molecule has 3 rings (SSSR count). The Morgan fingerprint density at radius 1 is 1.20 bits per heavy atom. The van der Waals surface area contributed by atoms with Crippen molar-refractivity contribution in [1.29, 1.82) is 0 Å². The fourth-order valence-corrected chi connectivity index (χ4v) is 3.43. The third kappa shape index (κ3) is 3.21. The zero-order valence-corrected chi connectivity index (χ0v) is 11.8. The summed E-state index contributed by atoms with van der Waals surface area (Å²) in [6, 6.07) is 9.80. The van der Waals surface area contributed by atoms with E-state index < -0.39 is 12.0 Å². The first-order valence-electron chi connectivity index (χ1n) is 7.70. The Morgan fingerprint density at radius 2 is 1.85 bits per heavy atom. The molecular formula is C17H23NO2. The first-order valence-corrected chi connectivity index (χ1v) is 7.70. The van der Waals surface area contributed by atoms with E-state index in [0.717, 1.165) is 18.4 Å². The van der Waals surface area contributed by atoms with Gasteiger partial charge in [0.25, 0.3) is 0 Å². The largest absolute Gasteiger partial charge is 0.480 e. The lowest BCUT2D eigenvalue weighted by molar-refractivity contribution is -0.139. The summed E-state index contributed by atoms with van der Waals surface area (Å²) in [5.41, 5.74) is 1.75. The number of hydrogen-bond donors (Lipinski definition) is 2. The quantitative estimate of drug-likeness (QED) is 0.867. The third-order valence-corrected chi connectivity index (χ3v) is 5.02. The van der Waals surface area contributed by atoms with Crippen LogP contribution in [0.3, 0.4) is 0 Å². The van der Waals surface area contributed by atoms with Gasteiger partial charge in [0, 0.05) is 6.04 Å². The average Bonchev–Trinajstić information content (AvgIpc) is 3.21. The number of nitrogens with one attached hydrogen (secondary N) is 1. The summed E-state index contributed by atoms with van der Waals surface area (Å²) in [5.74, 6) is -0.736. The van der Waals surface area contributed by atoms with E-state index >= 15 is 0 Å². The molecule has 0 aliphatic heterocycles. The molecule has 1 atom stereocenters. The van der Waals surface area contributed by atoms with Crippen molar-refractivity contribution in [2.24, 2.45) is 5.41 Å². The minimum Gasteiger partial charge on any atom is -0.480 e. The Bertz CT molecular complexity index is 457. The fraction of sp³-hybridized carbons (Fsp3) is 0.588. The zero-order valence-electron chi connectivity index (χ0n) is 11.8. The van der Waals surface area contributed by atoms with Crippen molar-refractivity contribution in [2.45, 2.75) is 57.0 Å². The van der Waals surface area contributed by atoms with Crippen LogP contribution in [0, 0.1) is 5.41 Å². The van der Waals surface area contributed by atoms with E-state index in [9.17, 15) is 9.90 Å². The van der Waals surface area contributed by atoms with Crippen molar-refractivity contribution in [2.75, 3.05) is 0 Å². The number of carboxylic acid groups (broad SMARTS) is 1. The molecule has 1 aromatic rings. The molecule has 2 aliphatic rings. The number of hydrogen-bond acceptors (Lipinski definition) is 2. The molecule has 2 fully saturated rings. The van der Waals surface area contributed by atoms with Gasteiger partial charge in [-0.05, 0) is 55.9 Å². The van der Waals surface area contributed by atoms with Gasteiger partial charge in [-0.2, -0.15) is 0 Å². The predicted molar refractivity (Wildman–Crippen MR) is 78.6 cm³/mol. The van der Waals surface area contributed by atoms with Gasteiger partial charge < -0.3 is 10.4 Å². The summed E-state index contributed by atoms with van der Waals surface area (Å²) in [6.07, 6.45) is 8.19. The van der Waals surface area contributed by atoms with Gasteiger partial charge >= 0.3 is 5.97 Å². The molecular weight excluding hydrogens is 250 g/mol. The second-order valence-corrected chi connectivity index (χ2v) is 6.52. The van der Waals surface area contributed by atoms with Gasteiger partial charge in [-0.15, -0.1) is 0 Å². The molecule has 0 amide bonds. The number of benzene rings is 1. The van der Waals surface area contributed by atoms with Crippen LogP contribution in [0.25, 0.3) is 0 Å². The second-order valence-electron chi connectivity index (χ2n) is 6.52. The van der Waals surface area contributed by atoms with Gasteiger partial charge in [-0.25, -0.2) is 0 Å². The molecule has 0 radical (unpaired) electrons. The molecule has 2 N–H and O–H groups in total. The molecule has 2 aliphatic carbocycles. The fourth-order valence-electron chi connectivity index (χ4n) is 3.43. The van der Waals surface area contributed by atoms with Crippen LogP contribution < -0.4 is 5.32 Å². The molecule has 20 heavy (non-hydrogen) atoms. The van der Waals surface area contributed by atoms with Crippen LogP contribution in [0.1, 0.15) is 44.1 Å². The van der Waals surface area contributed by atoms with Crippen LogP contribution in [-0.2, 0) is 11.2 Å². The molecule has 3 nitrogen and oxygen atoms in total. The van der Waals surface area contributed by atoms with Gasteiger partial charge in [0.2, 0.25) is 0 Å². The topological polar surface area (TPSA) is 49.3 Å². The molecule has 3 heteroatoms. The second kappa shape index (κ2) is 5.57. The molecule has 0 heterocycles. The minimum absolute atomic E-state index is 0.381. The van der Waals surface area contributed by atoms with Crippen LogP contribution in [0.4, 0.5) is 0 Å². The molecule has 2 saturated carbocycles. The minimum atomic E-state index is -0.736. The van der Waals surface area contributed by atoms with E-state index in [4.69, 9.17) is 0 Å². The van der Waals surface area contributed by atoms with Crippen LogP contribution in [-0.4, -0.2) is 23.2 Å². The standard InChI is InChI=1S/C17H23NO2/c19-16(20)15(12-13-4-2-1-3-5-13)18-14-6-8-17(9-7-14)10-11-17/h1-5,14-15,18H,6-12H2,(H,19,20)/t15-/m1/s1.